The lowest BCUT2D eigenvalue weighted by atomic mass is 10.2. The molecule has 1 saturated heterocycles. The van der Waals surface area contributed by atoms with Crippen LogP contribution in [0.5, 0.6) is 11.5 Å². The number of hydrogen-bond acceptors (Lipinski definition) is 5. The molecule has 0 aromatic heterocycles. The Bertz CT molecular complexity index is 703. The number of ether oxygens (including phenoxy) is 2. The molecule has 1 N–H and O–H groups in total. The van der Waals surface area contributed by atoms with Crippen molar-refractivity contribution >= 4 is 5.69 Å². The van der Waals surface area contributed by atoms with Crippen molar-refractivity contribution in [2.45, 2.75) is 13.0 Å². The fourth-order valence-electron chi connectivity index (χ4n) is 3.24. The number of aliphatic hydroxyl groups is 1. The van der Waals surface area contributed by atoms with Crippen LogP contribution in [0.2, 0.25) is 0 Å². The van der Waals surface area contributed by atoms with Crippen molar-refractivity contribution in [2.24, 2.45) is 0 Å². The molecule has 0 saturated carbocycles. The first kappa shape index (κ1) is 19.5. The summed E-state index contributed by atoms with van der Waals surface area (Å²) >= 11 is 0. The van der Waals surface area contributed by atoms with Gasteiger partial charge in [0.1, 0.15) is 30.0 Å². The van der Waals surface area contributed by atoms with Gasteiger partial charge < -0.3 is 19.5 Å². The summed E-state index contributed by atoms with van der Waals surface area (Å²) in [6, 6.07) is 13.9. The largest absolute Gasteiger partial charge is 0.492 e. The number of hydrogen-bond donors (Lipinski definition) is 1. The highest BCUT2D eigenvalue weighted by atomic mass is 19.1. The van der Waals surface area contributed by atoms with Gasteiger partial charge in [-0.2, -0.15) is 0 Å². The van der Waals surface area contributed by atoms with Crippen LogP contribution >= 0.6 is 0 Å². The third-order valence-electron chi connectivity index (χ3n) is 4.60. The molecule has 1 atom stereocenters. The molecule has 1 aliphatic rings. The van der Waals surface area contributed by atoms with Crippen LogP contribution < -0.4 is 14.4 Å². The molecule has 2 aromatic carbocycles. The first-order chi connectivity index (χ1) is 13.2. The Balaban J connectivity index is 1.44. The van der Waals surface area contributed by atoms with E-state index in [9.17, 15) is 9.50 Å². The highest BCUT2D eigenvalue weighted by Crippen LogP contribution is 2.28. The van der Waals surface area contributed by atoms with Crippen LogP contribution in [0, 0.1) is 5.82 Å². The summed E-state index contributed by atoms with van der Waals surface area (Å²) in [4.78, 5) is 4.56. The molecule has 1 aliphatic heterocycles. The summed E-state index contributed by atoms with van der Waals surface area (Å²) in [5.74, 6) is 1.18. The molecule has 1 fully saturated rings. The Hall–Kier alpha value is -2.31. The Morgan fingerprint density at radius 3 is 2.41 bits per heavy atom. The number of aliphatic hydroxyl groups excluding tert-OH is 1. The van der Waals surface area contributed by atoms with Crippen molar-refractivity contribution in [3.8, 4) is 11.5 Å². The number of para-hydroxylation sites is 2. The van der Waals surface area contributed by atoms with Gasteiger partial charge in [0.15, 0.2) is 0 Å². The minimum absolute atomic E-state index is 0.193. The summed E-state index contributed by atoms with van der Waals surface area (Å²) < 4.78 is 24.1. The van der Waals surface area contributed by atoms with Gasteiger partial charge in [-0.15, -0.1) is 0 Å². The summed E-state index contributed by atoms with van der Waals surface area (Å²) in [7, 11) is 0. The lowest BCUT2D eigenvalue weighted by molar-refractivity contribution is 0.0662. The van der Waals surface area contributed by atoms with Gasteiger partial charge in [-0.25, -0.2) is 4.39 Å². The normalized spacial score (nSPS) is 16.2. The zero-order valence-electron chi connectivity index (χ0n) is 15.7. The Labute approximate surface area is 159 Å². The van der Waals surface area contributed by atoms with Crippen molar-refractivity contribution < 1.29 is 19.0 Å². The Morgan fingerprint density at radius 2 is 1.70 bits per heavy atom. The summed E-state index contributed by atoms with van der Waals surface area (Å²) in [5.41, 5.74) is 1.12. The fraction of sp³-hybridized carbons (Fsp3) is 0.429. The molecule has 1 heterocycles. The lowest BCUT2D eigenvalue weighted by Crippen LogP contribution is -2.49. The van der Waals surface area contributed by atoms with E-state index in [1.165, 1.54) is 12.1 Å². The van der Waals surface area contributed by atoms with E-state index < -0.39 is 6.10 Å². The smallest absolute Gasteiger partial charge is 0.142 e. The lowest BCUT2D eigenvalue weighted by Gasteiger charge is -2.37. The van der Waals surface area contributed by atoms with Crippen LogP contribution in [-0.2, 0) is 0 Å². The molecule has 3 rings (SSSR count). The van der Waals surface area contributed by atoms with Crippen molar-refractivity contribution in [3.05, 3.63) is 54.3 Å². The molecule has 0 aliphatic carbocycles. The van der Waals surface area contributed by atoms with Gasteiger partial charge >= 0.3 is 0 Å². The van der Waals surface area contributed by atoms with E-state index in [0.717, 1.165) is 37.6 Å². The molecule has 146 valence electrons. The average Bonchev–Trinajstić information content (AvgIpc) is 2.69. The van der Waals surface area contributed by atoms with E-state index in [1.807, 2.05) is 25.1 Å². The van der Waals surface area contributed by atoms with E-state index in [2.05, 4.69) is 15.9 Å². The number of nitrogens with zero attached hydrogens (tertiary/aromatic N) is 2. The van der Waals surface area contributed by atoms with Crippen LogP contribution in [0.3, 0.4) is 0 Å². The van der Waals surface area contributed by atoms with Gasteiger partial charge in [0, 0.05) is 32.7 Å². The molecule has 6 heteroatoms. The third-order valence-corrected chi connectivity index (χ3v) is 4.60. The SMILES string of the molecule is CCOc1ccccc1N1CCN(CC(O)COc2ccc(F)cc2)CC1. The number of benzene rings is 2. The molecule has 0 spiro atoms. The number of piperazine rings is 1. The molecule has 2 aromatic rings. The maximum atomic E-state index is 12.9. The topological polar surface area (TPSA) is 45.2 Å². The number of halogens is 1. The van der Waals surface area contributed by atoms with Gasteiger partial charge in [0.25, 0.3) is 0 Å². The maximum Gasteiger partial charge on any atom is 0.142 e. The fourth-order valence-corrected chi connectivity index (χ4v) is 3.24. The monoisotopic (exact) mass is 374 g/mol. The van der Waals surface area contributed by atoms with Crippen LogP contribution in [0.15, 0.2) is 48.5 Å². The molecule has 1 unspecified atom stereocenters. The predicted octanol–water partition coefficient (Wildman–Crippen LogP) is 2.79. The van der Waals surface area contributed by atoms with Crippen molar-refractivity contribution in [2.75, 3.05) is 50.8 Å². The van der Waals surface area contributed by atoms with Gasteiger partial charge in [0.2, 0.25) is 0 Å². The third kappa shape index (κ3) is 5.58. The second-order valence-corrected chi connectivity index (χ2v) is 6.61. The van der Waals surface area contributed by atoms with Crippen molar-refractivity contribution in [1.82, 2.24) is 4.90 Å². The standard InChI is InChI=1S/C21H27FN2O3/c1-2-26-21-6-4-3-5-20(21)24-13-11-23(12-14-24)15-18(25)16-27-19-9-7-17(22)8-10-19/h3-10,18,25H,2,11-16H2,1H3. The van der Waals surface area contributed by atoms with E-state index in [4.69, 9.17) is 9.47 Å². The van der Waals surface area contributed by atoms with Crippen molar-refractivity contribution in [1.29, 1.82) is 0 Å². The van der Waals surface area contributed by atoms with E-state index in [1.54, 1.807) is 12.1 Å². The quantitative estimate of drug-likeness (QED) is 0.770. The molecular weight excluding hydrogens is 347 g/mol. The Kier molecular flexibility index (Phi) is 6.90. The van der Waals surface area contributed by atoms with Crippen LogP contribution in [-0.4, -0.2) is 62.0 Å². The maximum absolute atomic E-state index is 12.9. The zero-order valence-corrected chi connectivity index (χ0v) is 15.7. The van der Waals surface area contributed by atoms with Crippen LogP contribution in [0.1, 0.15) is 6.92 Å². The highest BCUT2D eigenvalue weighted by Gasteiger charge is 2.21. The summed E-state index contributed by atoms with van der Waals surface area (Å²) in [5, 5.41) is 10.2. The molecule has 0 bridgehead atoms. The predicted molar refractivity (Wildman–Crippen MR) is 104 cm³/mol. The Morgan fingerprint density at radius 1 is 1.00 bits per heavy atom. The highest BCUT2D eigenvalue weighted by molar-refractivity contribution is 5.58. The molecule has 0 radical (unpaired) electrons. The van der Waals surface area contributed by atoms with Gasteiger partial charge in [-0.1, -0.05) is 12.1 Å². The first-order valence-electron chi connectivity index (χ1n) is 9.41. The summed E-state index contributed by atoms with van der Waals surface area (Å²) in [6.45, 7) is 6.90. The van der Waals surface area contributed by atoms with Crippen molar-refractivity contribution in [3.63, 3.8) is 0 Å². The van der Waals surface area contributed by atoms with Crippen LogP contribution in [0.25, 0.3) is 0 Å². The summed E-state index contributed by atoms with van der Waals surface area (Å²) in [6.07, 6.45) is -0.586. The van der Waals surface area contributed by atoms with Gasteiger partial charge in [-0.05, 0) is 43.3 Å². The zero-order chi connectivity index (χ0) is 19.1. The number of rotatable bonds is 8. The average molecular weight is 374 g/mol. The number of anilines is 1. The van der Waals surface area contributed by atoms with E-state index >= 15 is 0 Å². The molecule has 5 nitrogen and oxygen atoms in total. The minimum Gasteiger partial charge on any atom is -0.492 e. The second-order valence-electron chi connectivity index (χ2n) is 6.61. The molecule has 0 amide bonds. The van der Waals surface area contributed by atoms with Crippen LogP contribution in [0.4, 0.5) is 10.1 Å². The van der Waals surface area contributed by atoms with Gasteiger partial charge in [-0.3, -0.25) is 4.90 Å². The molecule has 27 heavy (non-hydrogen) atoms. The minimum atomic E-state index is -0.586. The van der Waals surface area contributed by atoms with Gasteiger partial charge in [0.05, 0.1) is 12.3 Å². The van der Waals surface area contributed by atoms with E-state index in [-0.39, 0.29) is 12.4 Å². The van der Waals surface area contributed by atoms with E-state index in [0.29, 0.717) is 18.9 Å². The first-order valence-corrected chi connectivity index (χ1v) is 9.41. The number of β-amino-alcohol motifs (C(OH)–C–C–N with tert-alkyl or cyclic N) is 1. The second kappa shape index (κ2) is 9.58. The molecular formula is C21H27FN2O3.